The van der Waals surface area contributed by atoms with Crippen LogP contribution in [-0.4, -0.2) is 0 Å². The Balaban J connectivity index is 2.19. The van der Waals surface area contributed by atoms with E-state index in [0.29, 0.717) is 0 Å². The zero-order chi connectivity index (χ0) is 11.7. The summed E-state index contributed by atoms with van der Waals surface area (Å²) >= 11 is 0. The minimum Gasteiger partial charge on any atom is -0.0616 e. The number of benzene rings is 2. The van der Waals surface area contributed by atoms with Gasteiger partial charge in [0.15, 0.2) is 0 Å². The second kappa shape index (κ2) is 4.52. The fourth-order valence-corrected chi connectivity index (χ4v) is 3.20. The Morgan fingerprint density at radius 1 is 0.941 bits per heavy atom. The van der Waals surface area contributed by atoms with Crippen LogP contribution in [0.2, 0.25) is 0 Å². The Morgan fingerprint density at radius 3 is 2.35 bits per heavy atom. The van der Waals surface area contributed by atoms with E-state index in [0.717, 1.165) is 12.3 Å². The van der Waals surface area contributed by atoms with E-state index in [1.54, 1.807) is 5.56 Å². The van der Waals surface area contributed by atoms with Crippen LogP contribution >= 0.6 is 0 Å². The maximum atomic E-state index is 4.03. The SMILES string of the molecule is [CH2]Cc1ccc(C2CCCC2)c2ccccc12. The quantitative estimate of drug-likeness (QED) is 0.681. The van der Waals surface area contributed by atoms with Gasteiger partial charge in [0.1, 0.15) is 0 Å². The summed E-state index contributed by atoms with van der Waals surface area (Å²) in [5.41, 5.74) is 2.94. The normalized spacial score (nSPS) is 16.8. The zero-order valence-electron chi connectivity index (χ0n) is 10.3. The average molecular weight is 223 g/mol. The van der Waals surface area contributed by atoms with E-state index in [1.165, 1.54) is 42.0 Å². The molecule has 0 saturated heterocycles. The van der Waals surface area contributed by atoms with Crippen LogP contribution in [0, 0.1) is 6.92 Å². The topological polar surface area (TPSA) is 0 Å². The molecule has 0 atom stereocenters. The molecular weight excluding hydrogens is 204 g/mol. The van der Waals surface area contributed by atoms with Crippen LogP contribution in [0.15, 0.2) is 36.4 Å². The van der Waals surface area contributed by atoms with Gasteiger partial charge in [-0.1, -0.05) is 49.2 Å². The number of fused-ring (bicyclic) bond motifs is 1. The summed E-state index contributed by atoms with van der Waals surface area (Å²) in [6.45, 7) is 4.03. The first kappa shape index (κ1) is 10.8. The molecule has 0 N–H and O–H groups in total. The first-order valence-electron chi connectivity index (χ1n) is 6.70. The smallest absolute Gasteiger partial charge is 0.0146 e. The molecule has 0 heterocycles. The molecule has 0 spiro atoms. The third kappa shape index (κ3) is 1.86. The van der Waals surface area contributed by atoms with Crippen molar-refractivity contribution >= 4 is 10.8 Å². The van der Waals surface area contributed by atoms with Crippen LogP contribution in [0.3, 0.4) is 0 Å². The molecule has 2 aromatic carbocycles. The van der Waals surface area contributed by atoms with Gasteiger partial charge < -0.3 is 0 Å². The highest BCUT2D eigenvalue weighted by atomic mass is 14.2. The predicted molar refractivity (Wildman–Crippen MR) is 74.2 cm³/mol. The van der Waals surface area contributed by atoms with Crippen LogP contribution < -0.4 is 0 Å². The van der Waals surface area contributed by atoms with Gasteiger partial charge >= 0.3 is 0 Å². The van der Waals surface area contributed by atoms with Crippen LogP contribution in [0.1, 0.15) is 42.7 Å². The van der Waals surface area contributed by atoms with E-state index < -0.39 is 0 Å². The lowest BCUT2D eigenvalue weighted by atomic mass is 9.90. The summed E-state index contributed by atoms with van der Waals surface area (Å²) < 4.78 is 0. The minimum absolute atomic E-state index is 0.791. The fraction of sp³-hybridized carbons (Fsp3) is 0.353. The molecule has 17 heavy (non-hydrogen) atoms. The summed E-state index contributed by atoms with van der Waals surface area (Å²) in [5, 5.41) is 2.87. The molecule has 0 amide bonds. The summed E-state index contributed by atoms with van der Waals surface area (Å²) in [6.07, 6.45) is 6.42. The summed E-state index contributed by atoms with van der Waals surface area (Å²) in [4.78, 5) is 0. The third-order valence-corrected chi connectivity index (χ3v) is 4.11. The van der Waals surface area contributed by atoms with Gasteiger partial charge in [-0.15, -0.1) is 0 Å². The number of hydrogen-bond acceptors (Lipinski definition) is 0. The van der Waals surface area contributed by atoms with Crippen molar-refractivity contribution in [3.05, 3.63) is 54.4 Å². The summed E-state index contributed by atoms with van der Waals surface area (Å²) in [5.74, 6) is 0.791. The molecule has 1 aliphatic carbocycles. The lowest BCUT2D eigenvalue weighted by molar-refractivity contribution is 0.729. The Labute approximate surface area is 104 Å². The van der Waals surface area contributed by atoms with Gasteiger partial charge in [-0.05, 0) is 54.0 Å². The van der Waals surface area contributed by atoms with Crippen molar-refractivity contribution in [3.63, 3.8) is 0 Å². The fourth-order valence-electron chi connectivity index (χ4n) is 3.20. The van der Waals surface area contributed by atoms with Crippen LogP contribution in [0.4, 0.5) is 0 Å². The Hall–Kier alpha value is -1.30. The van der Waals surface area contributed by atoms with Crippen molar-refractivity contribution in [2.24, 2.45) is 0 Å². The highest BCUT2D eigenvalue weighted by Crippen LogP contribution is 2.38. The van der Waals surface area contributed by atoms with Gasteiger partial charge in [0, 0.05) is 0 Å². The lowest BCUT2D eigenvalue weighted by Crippen LogP contribution is -1.95. The van der Waals surface area contributed by atoms with E-state index >= 15 is 0 Å². The second-order valence-electron chi connectivity index (χ2n) is 5.09. The molecule has 3 rings (SSSR count). The number of rotatable bonds is 2. The van der Waals surface area contributed by atoms with E-state index in [4.69, 9.17) is 0 Å². The molecule has 0 aliphatic heterocycles. The van der Waals surface area contributed by atoms with Crippen molar-refractivity contribution in [2.75, 3.05) is 0 Å². The first-order chi connectivity index (χ1) is 8.40. The van der Waals surface area contributed by atoms with E-state index in [-0.39, 0.29) is 0 Å². The highest BCUT2D eigenvalue weighted by Gasteiger charge is 2.19. The molecule has 1 aliphatic rings. The van der Waals surface area contributed by atoms with Gasteiger partial charge in [-0.2, -0.15) is 0 Å². The van der Waals surface area contributed by atoms with E-state index in [9.17, 15) is 0 Å². The van der Waals surface area contributed by atoms with Gasteiger partial charge in [-0.3, -0.25) is 0 Å². The Morgan fingerprint density at radius 2 is 1.65 bits per heavy atom. The minimum atomic E-state index is 0.791. The lowest BCUT2D eigenvalue weighted by Gasteiger charge is -2.15. The van der Waals surface area contributed by atoms with Crippen LogP contribution in [-0.2, 0) is 6.42 Å². The largest absolute Gasteiger partial charge is 0.0616 e. The van der Waals surface area contributed by atoms with Gasteiger partial charge in [0.25, 0.3) is 0 Å². The monoisotopic (exact) mass is 223 g/mol. The van der Waals surface area contributed by atoms with Gasteiger partial charge in [0.05, 0.1) is 0 Å². The van der Waals surface area contributed by atoms with Gasteiger partial charge in [-0.25, -0.2) is 0 Å². The molecule has 1 saturated carbocycles. The second-order valence-corrected chi connectivity index (χ2v) is 5.09. The molecule has 2 aromatic rings. The van der Waals surface area contributed by atoms with Crippen molar-refractivity contribution < 1.29 is 0 Å². The van der Waals surface area contributed by atoms with Crippen LogP contribution in [0.5, 0.6) is 0 Å². The van der Waals surface area contributed by atoms with Gasteiger partial charge in [0.2, 0.25) is 0 Å². The average Bonchev–Trinajstić information content (AvgIpc) is 2.91. The predicted octanol–water partition coefficient (Wildman–Crippen LogP) is 4.87. The Bertz CT molecular complexity index is 519. The van der Waals surface area contributed by atoms with Crippen molar-refractivity contribution in [2.45, 2.75) is 38.0 Å². The van der Waals surface area contributed by atoms with Crippen molar-refractivity contribution in [1.82, 2.24) is 0 Å². The van der Waals surface area contributed by atoms with E-state index in [1.807, 2.05) is 0 Å². The highest BCUT2D eigenvalue weighted by molar-refractivity contribution is 5.89. The maximum Gasteiger partial charge on any atom is -0.0146 e. The molecule has 0 nitrogen and oxygen atoms in total. The molecule has 0 unspecified atom stereocenters. The molecule has 0 heteroatoms. The molecule has 87 valence electrons. The van der Waals surface area contributed by atoms with E-state index in [2.05, 4.69) is 43.3 Å². The summed E-state index contributed by atoms with van der Waals surface area (Å²) in [6, 6.07) is 13.5. The van der Waals surface area contributed by atoms with Crippen molar-refractivity contribution in [1.29, 1.82) is 0 Å². The molecule has 1 radical (unpaired) electrons. The molecule has 0 aromatic heterocycles. The van der Waals surface area contributed by atoms with Crippen molar-refractivity contribution in [3.8, 4) is 0 Å². The molecular formula is C17H19. The number of hydrogen-bond donors (Lipinski definition) is 0. The Kier molecular flexibility index (Phi) is 2.88. The molecule has 0 bridgehead atoms. The summed E-state index contributed by atoms with van der Waals surface area (Å²) in [7, 11) is 0. The third-order valence-electron chi connectivity index (χ3n) is 4.11. The maximum absolute atomic E-state index is 4.03. The zero-order valence-corrected chi connectivity index (χ0v) is 10.3. The first-order valence-corrected chi connectivity index (χ1v) is 6.70. The van der Waals surface area contributed by atoms with Crippen LogP contribution in [0.25, 0.3) is 10.8 Å². The standard InChI is InChI=1S/C17H19/c1-2-13-11-12-16(14-7-3-4-8-14)17-10-6-5-9-15(13)17/h5-6,9-12,14H,1-4,7-8H2. The molecule has 1 fully saturated rings.